The van der Waals surface area contributed by atoms with E-state index in [1.807, 2.05) is 18.2 Å². The number of aromatic amines is 1. The first-order valence-electron chi connectivity index (χ1n) is 10.2. The number of hydrogen-bond acceptors (Lipinski definition) is 5. The molecule has 2 heterocycles. The molecule has 3 N–H and O–H groups in total. The maximum Gasteiger partial charge on any atom is 0.416 e. The van der Waals surface area contributed by atoms with Crippen LogP contribution in [0.1, 0.15) is 12.0 Å². The number of fused-ring (bicyclic) bond motifs is 1. The molecule has 0 spiro atoms. The van der Waals surface area contributed by atoms with Crippen molar-refractivity contribution in [3.05, 3.63) is 72.1 Å². The van der Waals surface area contributed by atoms with E-state index in [1.54, 1.807) is 18.3 Å². The third-order valence-electron chi connectivity index (χ3n) is 5.21. The molecular weight excluding hydrogens is 473 g/mol. The number of aromatic nitrogens is 1. The Morgan fingerprint density at radius 3 is 2.71 bits per heavy atom. The van der Waals surface area contributed by atoms with Crippen molar-refractivity contribution in [3.63, 3.8) is 0 Å². The lowest BCUT2D eigenvalue weighted by Gasteiger charge is -2.26. The molecule has 4 rings (SSSR count). The van der Waals surface area contributed by atoms with E-state index in [4.69, 9.17) is 4.84 Å². The van der Waals surface area contributed by atoms with Crippen LogP contribution in [0.3, 0.4) is 0 Å². The fourth-order valence-corrected chi connectivity index (χ4v) is 4.89. The first kappa shape index (κ1) is 23.8. The van der Waals surface area contributed by atoms with Crippen LogP contribution in [-0.4, -0.2) is 43.3 Å². The topological polar surface area (TPSA) is 104 Å². The summed E-state index contributed by atoms with van der Waals surface area (Å²) in [5.41, 5.74) is 3.74. The summed E-state index contributed by atoms with van der Waals surface area (Å²) in [6.07, 6.45) is -1.05. The van der Waals surface area contributed by atoms with Gasteiger partial charge in [0.1, 0.15) is 0 Å². The summed E-state index contributed by atoms with van der Waals surface area (Å²) < 4.78 is 65.3. The molecule has 0 radical (unpaired) electrons. The number of carbonyl (C=O) groups excluding carboxylic acids is 1. The van der Waals surface area contributed by atoms with E-state index < -0.39 is 26.7 Å². The van der Waals surface area contributed by atoms with Crippen molar-refractivity contribution in [2.24, 2.45) is 0 Å². The molecule has 1 aromatic heterocycles. The van der Waals surface area contributed by atoms with Crippen molar-refractivity contribution in [2.45, 2.75) is 17.5 Å². The Morgan fingerprint density at radius 1 is 1.15 bits per heavy atom. The fourth-order valence-electron chi connectivity index (χ4n) is 3.47. The summed E-state index contributed by atoms with van der Waals surface area (Å²) in [6, 6.07) is 11.0. The number of rotatable bonds is 7. The molecule has 0 bridgehead atoms. The number of hydrogen-bond donors (Lipinski definition) is 3. The molecule has 1 amide bonds. The Balaban J connectivity index is 1.28. The highest BCUT2D eigenvalue weighted by Gasteiger charge is 2.33. The number of benzene rings is 2. The summed E-state index contributed by atoms with van der Waals surface area (Å²) in [5, 5.41) is 3.67. The molecule has 0 saturated carbocycles. The Bertz CT molecular complexity index is 1340. The van der Waals surface area contributed by atoms with Gasteiger partial charge in [0.05, 0.1) is 10.5 Å². The number of sulfonamides is 1. The quantitative estimate of drug-likeness (QED) is 0.436. The minimum Gasteiger partial charge on any atom is -0.361 e. The van der Waals surface area contributed by atoms with E-state index in [-0.39, 0.29) is 32.0 Å². The second-order valence-corrected chi connectivity index (χ2v) is 9.52. The predicted octanol–water partition coefficient (Wildman–Crippen LogP) is 3.62. The van der Waals surface area contributed by atoms with Crippen LogP contribution < -0.4 is 10.8 Å². The zero-order valence-corrected chi connectivity index (χ0v) is 18.5. The van der Waals surface area contributed by atoms with Gasteiger partial charge in [-0.1, -0.05) is 6.07 Å². The lowest BCUT2D eigenvalue weighted by molar-refractivity contribution is -0.137. The van der Waals surface area contributed by atoms with Gasteiger partial charge in [0.25, 0.3) is 5.91 Å². The van der Waals surface area contributed by atoms with Gasteiger partial charge in [-0.2, -0.15) is 17.5 Å². The van der Waals surface area contributed by atoms with Crippen molar-refractivity contribution in [1.29, 1.82) is 0 Å². The molecule has 3 aromatic rings. The van der Waals surface area contributed by atoms with E-state index in [1.165, 1.54) is 0 Å². The monoisotopic (exact) mass is 494 g/mol. The second kappa shape index (κ2) is 9.49. The molecule has 0 unspecified atom stereocenters. The first-order valence-corrected chi connectivity index (χ1v) is 11.7. The zero-order valence-electron chi connectivity index (χ0n) is 17.7. The molecule has 8 nitrogen and oxygen atoms in total. The molecule has 0 fully saturated rings. The van der Waals surface area contributed by atoms with Gasteiger partial charge in [-0.25, -0.2) is 8.42 Å². The number of halogens is 3. The van der Waals surface area contributed by atoms with Crippen LogP contribution in [-0.2, 0) is 25.8 Å². The Hall–Kier alpha value is -3.35. The summed E-state index contributed by atoms with van der Waals surface area (Å²) in [6.45, 7) is -0.286. The minimum absolute atomic E-state index is 0.0453. The molecule has 0 aliphatic carbocycles. The Morgan fingerprint density at radius 2 is 1.97 bits per heavy atom. The predicted molar refractivity (Wildman–Crippen MR) is 119 cm³/mol. The molecule has 12 heteroatoms. The average Bonchev–Trinajstić information content (AvgIpc) is 3.27. The number of alkyl halides is 3. The number of nitrogens with zero attached hydrogens (tertiary/aromatic N) is 1. The summed E-state index contributed by atoms with van der Waals surface area (Å²) in [5.74, 6) is -0.382. The van der Waals surface area contributed by atoms with Crippen LogP contribution in [0.25, 0.3) is 10.9 Å². The number of amides is 1. The number of nitrogens with one attached hydrogen (secondary N) is 3. The van der Waals surface area contributed by atoms with Gasteiger partial charge >= 0.3 is 6.18 Å². The van der Waals surface area contributed by atoms with Crippen LogP contribution in [0, 0.1) is 0 Å². The van der Waals surface area contributed by atoms with Gasteiger partial charge in [0, 0.05) is 48.0 Å². The highest BCUT2D eigenvalue weighted by atomic mass is 32.2. The third-order valence-corrected chi connectivity index (χ3v) is 7.08. The van der Waals surface area contributed by atoms with E-state index in [0.29, 0.717) is 17.5 Å². The van der Waals surface area contributed by atoms with Crippen molar-refractivity contribution < 1.29 is 31.2 Å². The highest BCUT2D eigenvalue weighted by Crippen LogP contribution is 2.31. The highest BCUT2D eigenvalue weighted by molar-refractivity contribution is 7.89. The van der Waals surface area contributed by atoms with Crippen molar-refractivity contribution >= 4 is 32.5 Å². The molecular formula is C22H21F3N4O4S. The van der Waals surface area contributed by atoms with Gasteiger partial charge in [-0.15, -0.1) is 0 Å². The average molecular weight is 494 g/mol. The van der Waals surface area contributed by atoms with E-state index in [0.717, 1.165) is 33.4 Å². The summed E-state index contributed by atoms with van der Waals surface area (Å²) >= 11 is 0. The molecule has 1 aliphatic rings. The maximum atomic E-state index is 12.9. The number of hydroxylamine groups is 1. The van der Waals surface area contributed by atoms with Crippen LogP contribution in [0.4, 0.5) is 18.9 Å². The van der Waals surface area contributed by atoms with Crippen molar-refractivity contribution in [1.82, 2.24) is 14.8 Å². The first-order chi connectivity index (χ1) is 16.1. The SMILES string of the molecule is O=C(CONC1=CCN(S(=O)(=O)c2cccc(C(F)(F)F)c2)CC1)Nc1ccc2[nH]ccc2c1. The summed E-state index contributed by atoms with van der Waals surface area (Å²) in [7, 11) is -4.09. The van der Waals surface area contributed by atoms with Crippen LogP contribution in [0.2, 0.25) is 0 Å². The lowest BCUT2D eigenvalue weighted by Crippen LogP contribution is -2.37. The van der Waals surface area contributed by atoms with Crippen molar-refractivity contribution in [3.8, 4) is 0 Å². The molecule has 0 saturated heterocycles. The molecule has 34 heavy (non-hydrogen) atoms. The Labute approximate surface area is 193 Å². The van der Waals surface area contributed by atoms with Crippen LogP contribution >= 0.6 is 0 Å². The number of carbonyl (C=O) groups is 1. The lowest BCUT2D eigenvalue weighted by atomic mass is 10.2. The van der Waals surface area contributed by atoms with Gasteiger partial charge in [-0.3, -0.25) is 15.1 Å². The van der Waals surface area contributed by atoms with Gasteiger partial charge < -0.3 is 10.3 Å². The fraction of sp³-hybridized carbons (Fsp3) is 0.227. The molecule has 180 valence electrons. The number of anilines is 1. The second-order valence-electron chi connectivity index (χ2n) is 7.59. The van der Waals surface area contributed by atoms with Gasteiger partial charge in [0.2, 0.25) is 10.0 Å². The Kier molecular flexibility index (Phi) is 6.64. The zero-order chi connectivity index (χ0) is 24.3. The maximum absolute atomic E-state index is 12.9. The van der Waals surface area contributed by atoms with E-state index in [9.17, 15) is 26.4 Å². The van der Waals surface area contributed by atoms with E-state index >= 15 is 0 Å². The third kappa shape index (κ3) is 5.41. The minimum atomic E-state index is -4.64. The van der Waals surface area contributed by atoms with Gasteiger partial charge in [0.15, 0.2) is 6.61 Å². The smallest absolute Gasteiger partial charge is 0.361 e. The number of H-pyrrole nitrogens is 1. The van der Waals surface area contributed by atoms with Crippen LogP contribution in [0.5, 0.6) is 0 Å². The van der Waals surface area contributed by atoms with Gasteiger partial charge in [-0.05, 0) is 48.5 Å². The normalized spacial score (nSPS) is 15.2. The molecule has 2 aromatic carbocycles. The van der Waals surface area contributed by atoms with Crippen molar-refractivity contribution in [2.75, 3.05) is 25.0 Å². The van der Waals surface area contributed by atoms with E-state index in [2.05, 4.69) is 15.8 Å². The largest absolute Gasteiger partial charge is 0.416 e. The molecule has 0 atom stereocenters. The summed E-state index contributed by atoms with van der Waals surface area (Å²) in [4.78, 5) is 19.9. The standard InChI is InChI=1S/C22H21F3N4O4S/c23-22(24,25)16-2-1-3-19(13-16)34(31,32)29-10-7-17(8-11-29)28-33-14-21(30)27-18-4-5-20-15(12-18)6-9-26-20/h1-7,9,12-13,26,28H,8,10-11,14H2,(H,27,30). The molecule has 1 aliphatic heterocycles. The van der Waals surface area contributed by atoms with Crippen LogP contribution in [0.15, 0.2) is 71.4 Å².